The maximum atomic E-state index is 12.9. The number of carbonyl (C=O) groups excluding carboxylic acids is 2. The van der Waals surface area contributed by atoms with Gasteiger partial charge in [0.05, 0.1) is 19.8 Å². The first-order chi connectivity index (χ1) is 14.6. The number of piperidine rings is 1. The minimum absolute atomic E-state index is 0.0655. The summed E-state index contributed by atoms with van der Waals surface area (Å²) in [6, 6.07) is 20.9. The van der Waals surface area contributed by atoms with Crippen LogP contribution in [0.4, 0.5) is 5.69 Å². The Balaban J connectivity index is 1.86. The fourth-order valence-electron chi connectivity index (χ4n) is 4.28. The van der Waals surface area contributed by atoms with Crippen LogP contribution in [0.2, 0.25) is 0 Å². The van der Waals surface area contributed by atoms with E-state index < -0.39 is 6.04 Å². The smallest absolute Gasteiger partial charge is 0.329 e. The van der Waals surface area contributed by atoms with E-state index in [-0.39, 0.29) is 30.8 Å². The van der Waals surface area contributed by atoms with Gasteiger partial charge in [0.1, 0.15) is 17.6 Å². The highest BCUT2D eigenvalue weighted by atomic mass is 16.5. The third-order valence-electron chi connectivity index (χ3n) is 5.63. The fraction of sp³-hybridized carbons (Fsp3) is 0.280. The average Bonchev–Trinajstić information content (AvgIpc) is 2.78. The van der Waals surface area contributed by atoms with Crippen molar-refractivity contribution in [1.29, 1.82) is 0 Å². The van der Waals surface area contributed by atoms with Gasteiger partial charge in [-0.2, -0.15) is 0 Å². The number of hydrogen-bond donors (Lipinski definition) is 0. The molecule has 0 aromatic heterocycles. The molecule has 0 spiro atoms. The van der Waals surface area contributed by atoms with E-state index in [0.29, 0.717) is 6.42 Å². The highest BCUT2D eigenvalue weighted by Gasteiger charge is 2.41. The topological polar surface area (TPSA) is 55.8 Å². The molecule has 0 bridgehead atoms. The van der Waals surface area contributed by atoms with Gasteiger partial charge in [-0.15, -0.1) is 0 Å². The van der Waals surface area contributed by atoms with Gasteiger partial charge in [0, 0.05) is 18.5 Å². The number of anilines is 1. The largest absolute Gasteiger partial charge is 0.497 e. The molecule has 3 aromatic rings. The van der Waals surface area contributed by atoms with Gasteiger partial charge < -0.3 is 14.4 Å². The number of ether oxygens (including phenoxy) is 2. The van der Waals surface area contributed by atoms with Gasteiger partial charge in [-0.1, -0.05) is 42.5 Å². The molecule has 3 aromatic carbocycles. The van der Waals surface area contributed by atoms with Crippen molar-refractivity contribution in [2.75, 3.05) is 18.6 Å². The lowest BCUT2D eigenvalue weighted by Crippen LogP contribution is -2.50. The number of hydrogen-bond acceptors (Lipinski definition) is 5. The van der Waals surface area contributed by atoms with E-state index in [1.54, 1.807) is 14.0 Å². The molecule has 5 heteroatoms. The molecule has 154 valence electrons. The number of rotatable bonds is 5. The SMILES string of the molecule is CCOC(=O)[C@@H]1CC(=O)C[C@@H](c2cccc3ccccc23)N1c1ccc(OC)cc1. The van der Waals surface area contributed by atoms with Crippen LogP contribution in [0.25, 0.3) is 10.8 Å². The molecule has 0 N–H and O–H groups in total. The van der Waals surface area contributed by atoms with Crippen LogP contribution in [-0.2, 0) is 14.3 Å². The van der Waals surface area contributed by atoms with Gasteiger partial charge in [0.25, 0.3) is 0 Å². The van der Waals surface area contributed by atoms with Gasteiger partial charge >= 0.3 is 5.97 Å². The Morgan fingerprint density at radius 2 is 1.73 bits per heavy atom. The molecule has 1 aliphatic heterocycles. The highest BCUT2D eigenvalue weighted by Crippen LogP contribution is 2.40. The fourth-order valence-corrected chi connectivity index (χ4v) is 4.28. The summed E-state index contributed by atoms with van der Waals surface area (Å²) in [6.07, 6.45) is 0.488. The van der Waals surface area contributed by atoms with Crippen molar-refractivity contribution in [3.63, 3.8) is 0 Å². The molecular weight excluding hydrogens is 378 g/mol. The molecule has 1 aliphatic rings. The quantitative estimate of drug-likeness (QED) is 0.579. The Morgan fingerprint density at radius 1 is 1.00 bits per heavy atom. The summed E-state index contributed by atoms with van der Waals surface area (Å²) in [7, 11) is 1.62. The third-order valence-corrected chi connectivity index (χ3v) is 5.63. The van der Waals surface area contributed by atoms with Crippen molar-refractivity contribution in [1.82, 2.24) is 0 Å². The third kappa shape index (κ3) is 3.75. The molecule has 4 rings (SSSR count). The summed E-state index contributed by atoms with van der Waals surface area (Å²) in [5.74, 6) is 0.434. The van der Waals surface area contributed by atoms with E-state index in [2.05, 4.69) is 18.2 Å². The van der Waals surface area contributed by atoms with Crippen LogP contribution in [0.1, 0.15) is 31.4 Å². The maximum Gasteiger partial charge on any atom is 0.329 e. The van der Waals surface area contributed by atoms with Crippen LogP contribution in [-0.4, -0.2) is 31.5 Å². The van der Waals surface area contributed by atoms with Crippen molar-refractivity contribution in [3.05, 3.63) is 72.3 Å². The Morgan fingerprint density at radius 3 is 2.47 bits per heavy atom. The van der Waals surface area contributed by atoms with Gasteiger partial charge in [-0.25, -0.2) is 4.79 Å². The second kappa shape index (κ2) is 8.57. The number of methoxy groups -OCH3 is 1. The van der Waals surface area contributed by atoms with Crippen molar-refractivity contribution in [2.45, 2.75) is 31.8 Å². The lowest BCUT2D eigenvalue weighted by molar-refractivity contribution is -0.147. The Hall–Kier alpha value is -3.34. The summed E-state index contributed by atoms with van der Waals surface area (Å²) in [5, 5.41) is 2.19. The summed E-state index contributed by atoms with van der Waals surface area (Å²) >= 11 is 0. The number of carbonyl (C=O) groups is 2. The van der Waals surface area contributed by atoms with E-state index in [4.69, 9.17) is 9.47 Å². The molecule has 0 unspecified atom stereocenters. The van der Waals surface area contributed by atoms with Crippen LogP contribution < -0.4 is 9.64 Å². The van der Waals surface area contributed by atoms with Crippen LogP contribution in [0, 0.1) is 0 Å². The highest BCUT2D eigenvalue weighted by molar-refractivity contribution is 5.94. The molecule has 1 fully saturated rings. The predicted octanol–water partition coefficient (Wildman–Crippen LogP) is 4.69. The minimum Gasteiger partial charge on any atom is -0.497 e. The van der Waals surface area contributed by atoms with Crippen molar-refractivity contribution < 1.29 is 19.1 Å². The normalized spacial score (nSPS) is 19.0. The predicted molar refractivity (Wildman–Crippen MR) is 117 cm³/mol. The standard InChI is InChI=1S/C25H25NO4/c1-3-30-25(28)24-16-19(27)15-23(26(24)18-11-13-20(29-2)14-12-18)22-10-6-8-17-7-4-5-9-21(17)22/h4-14,23-24H,3,15-16H2,1-2H3/t23-,24-/m0/s1. The monoisotopic (exact) mass is 403 g/mol. The van der Waals surface area contributed by atoms with E-state index in [0.717, 1.165) is 27.8 Å². The van der Waals surface area contributed by atoms with E-state index in [1.807, 2.05) is 53.4 Å². The Kier molecular flexibility index (Phi) is 5.70. The molecule has 1 heterocycles. The second-order valence-electron chi connectivity index (χ2n) is 7.40. The summed E-state index contributed by atoms with van der Waals surface area (Å²) < 4.78 is 10.6. The molecule has 1 saturated heterocycles. The average molecular weight is 403 g/mol. The zero-order valence-electron chi connectivity index (χ0n) is 17.2. The van der Waals surface area contributed by atoms with Crippen LogP contribution in [0.15, 0.2) is 66.7 Å². The van der Waals surface area contributed by atoms with Gasteiger partial charge in [-0.3, -0.25) is 4.79 Å². The van der Waals surface area contributed by atoms with E-state index >= 15 is 0 Å². The summed E-state index contributed by atoms with van der Waals surface area (Å²) in [4.78, 5) is 27.6. The zero-order chi connectivity index (χ0) is 21.1. The first-order valence-electron chi connectivity index (χ1n) is 10.2. The van der Waals surface area contributed by atoms with Crippen LogP contribution >= 0.6 is 0 Å². The van der Waals surface area contributed by atoms with Gasteiger partial charge in [-0.05, 0) is 47.5 Å². The van der Waals surface area contributed by atoms with E-state index in [9.17, 15) is 9.59 Å². The molecule has 0 saturated carbocycles. The van der Waals surface area contributed by atoms with Crippen molar-refractivity contribution in [3.8, 4) is 5.75 Å². The molecule has 0 amide bonds. The first kappa shape index (κ1) is 20.0. The Labute approximate surface area is 176 Å². The van der Waals surface area contributed by atoms with Gasteiger partial charge in [0.2, 0.25) is 0 Å². The number of benzene rings is 3. The number of Topliss-reactive ketones (excluding diaryl/α,β-unsaturated/α-hetero) is 1. The number of esters is 1. The lowest BCUT2D eigenvalue weighted by Gasteiger charge is -2.42. The molecule has 30 heavy (non-hydrogen) atoms. The number of ketones is 1. The first-order valence-corrected chi connectivity index (χ1v) is 10.2. The second-order valence-corrected chi connectivity index (χ2v) is 7.40. The number of fused-ring (bicyclic) bond motifs is 1. The van der Waals surface area contributed by atoms with Crippen molar-refractivity contribution >= 4 is 28.2 Å². The van der Waals surface area contributed by atoms with Crippen molar-refractivity contribution in [2.24, 2.45) is 0 Å². The van der Waals surface area contributed by atoms with Crippen LogP contribution in [0.5, 0.6) is 5.75 Å². The molecule has 0 radical (unpaired) electrons. The zero-order valence-corrected chi connectivity index (χ0v) is 17.2. The summed E-state index contributed by atoms with van der Waals surface area (Å²) in [5.41, 5.74) is 1.89. The molecular formula is C25H25NO4. The molecule has 5 nitrogen and oxygen atoms in total. The number of nitrogens with zero attached hydrogens (tertiary/aromatic N) is 1. The van der Waals surface area contributed by atoms with Gasteiger partial charge in [0.15, 0.2) is 0 Å². The Bertz CT molecular complexity index is 1050. The summed E-state index contributed by atoms with van der Waals surface area (Å²) in [6.45, 7) is 2.06. The molecule has 0 aliphatic carbocycles. The lowest BCUT2D eigenvalue weighted by atomic mass is 9.87. The van der Waals surface area contributed by atoms with Crippen LogP contribution in [0.3, 0.4) is 0 Å². The molecule has 2 atom stereocenters. The maximum absolute atomic E-state index is 12.9. The van der Waals surface area contributed by atoms with E-state index in [1.165, 1.54) is 0 Å². The minimum atomic E-state index is -0.663.